The highest BCUT2D eigenvalue weighted by Gasteiger charge is 2.38. The number of carbonyl (C=O) groups is 5. The van der Waals surface area contributed by atoms with Crippen LogP contribution in [0.15, 0.2) is 0 Å². The van der Waals surface area contributed by atoms with Crippen molar-refractivity contribution in [2.45, 2.75) is 49.9 Å². The zero-order valence-corrected chi connectivity index (χ0v) is 18.4. The minimum Gasteiger partial charge on any atom is -0.480 e. The molecule has 1 heterocycles. The summed E-state index contributed by atoms with van der Waals surface area (Å²) in [6.07, 6.45) is 2.64. The number of nitrogens with two attached hydrogens (primary N) is 2. The quantitative estimate of drug-likeness (QED) is 0.178. The van der Waals surface area contributed by atoms with Crippen LogP contribution in [0.5, 0.6) is 0 Å². The van der Waals surface area contributed by atoms with E-state index in [-0.39, 0.29) is 25.1 Å². The van der Waals surface area contributed by atoms with E-state index >= 15 is 0 Å². The zero-order valence-electron chi connectivity index (χ0n) is 16.7. The predicted octanol–water partition coefficient (Wildman–Crippen LogP) is -2.08. The SMILES string of the molecule is CSCCC(NC(=O)C(CS)NC(=O)C1CCCN1C(=O)C(N)CC(N)=O)C(=O)O. The Bertz CT molecular complexity index is 665. The largest absolute Gasteiger partial charge is 0.480 e. The number of thioether (sulfide) groups is 1. The Balaban J connectivity index is 2.76. The van der Waals surface area contributed by atoms with Crippen molar-refractivity contribution in [3.05, 3.63) is 0 Å². The predicted molar refractivity (Wildman–Crippen MR) is 115 cm³/mol. The Hall–Kier alpha value is -1.99. The number of nitrogens with zero attached hydrogens (tertiary/aromatic N) is 1. The van der Waals surface area contributed by atoms with Gasteiger partial charge in [-0.1, -0.05) is 0 Å². The standard InChI is InChI=1S/C17H29N5O6S2/c1-30-6-4-10(17(27)28)20-14(24)11(8-29)21-15(25)12-3-2-5-22(12)16(26)9(18)7-13(19)23/h9-12,29H,2-8,18H2,1H3,(H2,19,23)(H,20,24)(H,21,25)(H,27,28). The van der Waals surface area contributed by atoms with E-state index in [0.29, 0.717) is 18.6 Å². The summed E-state index contributed by atoms with van der Waals surface area (Å²) in [6, 6.07) is -4.15. The lowest BCUT2D eigenvalue weighted by Crippen LogP contribution is -2.57. The van der Waals surface area contributed by atoms with Crippen molar-refractivity contribution in [3.8, 4) is 0 Å². The van der Waals surface area contributed by atoms with Crippen molar-refractivity contribution in [1.29, 1.82) is 0 Å². The Morgan fingerprint density at radius 1 is 1.23 bits per heavy atom. The molecule has 13 heteroatoms. The van der Waals surface area contributed by atoms with Gasteiger partial charge in [-0.3, -0.25) is 19.2 Å². The van der Waals surface area contributed by atoms with Crippen molar-refractivity contribution in [1.82, 2.24) is 15.5 Å². The minimum absolute atomic E-state index is 0.0612. The monoisotopic (exact) mass is 463 g/mol. The zero-order chi connectivity index (χ0) is 22.8. The molecule has 0 spiro atoms. The van der Waals surface area contributed by atoms with E-state index in [4.69, 9.17) is 11.5 Å². The number of nitrogens with one attached hydrogen (secondary N) is 2. The highest BCUT2D eigenvalue weighted by molar-refractivity contribution is 7.98. The molecule has 0 bridgehead atoms. The van der Waals surface area contributed by atoms with Gasteiger partial charge in [-0.25, -0.2) is 4.79 Å². The molecule has 0 aromatic heterocycles. The Morgan fingerprint density at radius 3 is 2.43 bits per heavy atom. The third-order valence-corrected chi connectivity index (χ3v) is 5.63. The number of primary amides is 1. The van der Waals surface area contributed by atoms with Gasteiger partial charge in [-0.05, 0) is 31.3 Å². The second kappa shape index (κ2) is 12.6. The van der Waals surface area contributed by atoms with Gasteiger partial charge in [0.15, 0.2) is 0 Å². The maximum absolute atomic E-state index is 12.7. The number of hydrogen-bond acceptors (Lipinski definition) is 8. The van der Waals surface area contributed by atoms with Crippen LogP contribution < -0.4 is 22.1 Å². The second-order valence-corrected chi connectivity index (χ2v) is 8.24. The fraction of sp³-hybridized carbons (Fsp3) is 0.706. The van der Waals surface area contributed by atoms with Crippen LogP contribution in [0, 0.1) is 0 Å². The average Bonchev–Trinajstić information content (AvgIpc) is 3.17. The first kappa shape index (κ1) is 26.0. The van der Waals surface area contributed by atoms with Gasteiger partial charge < -0.3 is 32.1 Å². The van der Waals surface area contributed by atoms with E-state index < -0.39 is 53.8 Å². The number of carboxylic acid groups (broad SMARTS) is 1. The van der Waals surface area contributed by atoms with Gasteiger partial charge in [-0.15, -0.1) is 0 Å². The van der Waals surface area contributed by atoms with Crippen LogP contribution >= 0.6 is 24.4 Å². The maximum Gasteiger partial charge on any atom is 0.326 e. The molecule has 1 aliphatic rings. The fourth-order valence-electron chi connectivity index (χ4n) is 3.05. The number of carbonyl (C=O) groups excluding carboxylic acids is 4. The molecule has 11 nitrogen and oxygen atoms in total. The smallest absolute Gasteiger partial charge is 0.326 e. The summed E-state index contributed by atoms with van der Waals surface area (Å²) in [7, 11) is 0. The Labute approximate surface area is 184 Å². The number of likely N-dealkylation sites (tertiary alicyclic amines) is 1. The number of amides is 4. The molecule has 4 unspecified atom stereocenters. The normalized spacial score (nSPS) is 18.9. The van der Waals surface area contributed by atoms with Crippen LogP contribution in [0.25, 0.3) is 0 Å². The Kier molecular flexibility index (Phi) is 11.0. The maximum atomic E-state index is 12.7. The van der Waals surface area contributed by atoms with Crippen LogP contribution in [0.3, 0.4) is 0 Å². The van der Waals surface area contributed by atoms with E-state index in [0.717, 1.165) is 0 Å². The summed E-state index contributed by atoms with van der Waals surface area (Å²) >= 11 is 5.52. The number of thiol groups is 1. The van der Waals surface area contributed by atoms with Crippen LogP contribution in [0.4, 0.5) is 0 Å². The minimum atomic E-state index is -1.17. The van der Waals surface area contributed by atoms with Gasteiger partial charge in [0.05, 0.1) is 12.5 Å². The summed E-state index contributed by atoms with van der Waals surface area (Å²) in [5, 5.41) is 14.2. The summed E-state index contributed by atoms with van der Waals surface area (Å²) in [5.41, 5.74) is 10.8. The summed E-state index contributed by atoms with van der Waals surface area (Å²) in [5.74, 6) is -3.23. The number of aliphatic carboxylic acids is 1. The number of rotatable bonds is 12. The van der Waals surface area contributed by atoms with Crippen molar-refractivity contribution in [2.24, 2.45) is 11.5 Å². The summed E-state index contributed by atoms with van der Waals surface area (Å²) in [6.45, 7) is 0.289. The molecule has 0 aromatic rings. The molecule has 0 aliphatic carbocycles. The van der Waals surface area contributed by atoms with Crippen LogP contribution in [0.1, 0.15) is 25.7 Å². The van der Waals surface area contributed by atoms with Gasteiger partial charge in [0.1, 0.15) is 18.1 Å². The lowest BCUT2D eigenvalue weighted by atomic mass is 10.1. The molecule has 30 heavy (non-hydrogen) atoms. The van der Waals surface area contributed by atoms with Crippen LogP contribution in [-0.2, 0) is 24.0 Å². The first-order valence-corrected chi connectivity index (χ1v) is 11.4. The van der Waals surface area contributed by atoms with Crippen LogP contribution in [-0.4, -0.2) is 88.1 Å². The highest BCUT2D eigenvalue weighted by atomic mass is 32.2. The van der Waals surface area contributed by atoms with Crippen LogP contribution in [0.2, 0.25) is 0 Å². The van der Waals surface area contributed by atoms with Gasteiger partial charge in [0, 0.05) is 12.3 Å². The Morgan fingerprint density at radius 2 is 1.90 bits per heavy atom. The van der Waals surface area contributed by atoms with E-state index in [2.05, 4.69) is 23.3 Å². The first-order valence-electron chi connectivity index (χ1n) is 9.40. The topological polar surface area (TPSA) is 185 Å². The summed E-state index contributed by atoms with van der Waals surface area (Å²) in [4.78, 5) is 61.2. The lowest BCUT2D eigenvalue weighted by molar-refractivity contribution is -0.143. The van der Waals surface area contributed by atoms with Crippen molar-refractivity contribution < 1.29 is 29.1 Å². The highest BCUT2D eigenvalue weighted by Crippen LogP contribution is 2.19. The molecular weight excluding hydrogens is 434 g/mol. The molecular formula is C17H29N5O6S2. The molecule has 0 aromatic carbocycles. The first-order chi connectivity index (χ1) is 14.1. The van der Waals surface area contributed by atoms with E-state index in [1.807, 2.05) is 6.26 Å². The second-order valence-electron chi connectivity index (χ2n) is 6.89. The van der Waals surface area contributed by atoms with E-state index in [1.54, 1.807) is 0 Å². The molecule has 1 fully saturated rings. The average molecular weight is 464 g/mol. The molecule has 0 saturated carbocycles. The molecule has 7 N–H and O–H groups in total. The third-order valence-electron chi connectivity index (χ3n) is 4.62. The third kappa shape index (κ3) is 7.69. The van der Waals surface area contributed by atoms with E-state index in [1.165, 1.54) is 16.7 Å². The molecule has 1 aliphatic heterocycles. The summed E-state index contributed by atoms with van der Waals surface area (Å²) < 4.78 is 0. The lowest BCUT2D eigenvalue weighted by Gasteiger charge is -2.28. The van der Waals surface area contributed by atoms with Crippen molar-refractivity contribution in [3.63, 3.8) is 0 Å². The fourth-order valence-corrected chi connectivity index (χ4v) is 3.78. The molecule has 1 saturated heterocycles. The number of hydrogen-bond donors (Lipinski definition) is 6. The van der Waals surface area contributed by atoms with Crippen molar-refractivity contribution in [2.75, 3.05) is 24.3 Å². The molecule has 4 atom stereocenters. The van der Waals surface area contributed by atoms with Gasteiger partial charge in [0.25, 0.3) is 0 Å². The number of carboxylic acids is 1. The molecule has 1 rings (SSSR count). The molecule has 4 amide bonds. The molecule has 170 valence electrons. The van der Waals surface area contributed by atoms with Crippen molar-refractivity contribution >= 4 is 54.0 Å². The van der Waals surface area contributed by atoms with Gasteiger partial charge in [-0.2, -0.15) is 24.4 Å². The van der Waals surface area contributed by atoms with Gasteiger partial charge in [0.2, 0.25) is 23.6 Å². The molecule has 0 radical (unpaired) electrons. The van der Waals surface area contributed by atoms with Gasteiger partial charge >= 0.3 is 5.97 Å². The van der Waals surface area contributed by atoms with E-state index in [9.17, 15) is 29.1 Å².